The normalized spacial score (nSPS) is 10.1. The lowest BCUT2D eigenvalue weighted by molar-refractivity contribution is 0.482. The molecule has 0 saturated carbocycles. The molecule has 0 unspecified atom stereocenters. The van der Waals surface area contributed by atoms with E-state index in [1.807, 2.05) is 0 Å². The van der Waals surface area contributed by atoms with Crippen LogP contribution in [0.15, 0.2) is 36.5 Å². The minimum absolute atomic E-state index is 0.375. The third-order valence-corrected chi connectivity index (χ3v) is 2.70. The molecule has 0 saturated heterocycles. The Hall–Kier alpha value is -1.45. The van der Waals surface area contributed by atoms with E-state index < -0.39 is 0 Å². The average molecular weight is 255 g/mol. The molecular weight excluding hydrogens is 247 g/mol. The zero-order valence-corrected chi connectivity index (χ0v) is 9.66. The monoisotopic (exact) mass is 254 g/mol. The summed E-state index contributed by atoms with van der Waals surface area (Å²) in [4.78, 5) is 3.86. The van der Waals surface area contributed by atoms with E-state index in [1.54, 1.807) is 36.5 Å². The number of nitrogens with two attached hydrogens (primary N) is 1. The van der Waals surface area contributed by atoms with Gasteiger partial charge in [0.2, 0.25) is 0 Å². The Balaban J connectivity index is 2.31. The first-order chi connectivity index (χ1) is 7.66. The second-order valence-electron chi connectivity index (χ2n) is 3.07. The highest BCUT2D eigenvalue weighted by Gasteiger charge is 2.06. The van der Waals surface area contributed by atoms with Crippen molar-refractivity contribution in [3.05, 3.63) is 46.6 Å². The lowest BCUT2D eigenvalue weighted by atomic mass is 10.3. The van der Waals surface area contributed by atoms with Gasteiger partial charge in [-0.3, -0.25) is 0 Å². The number of halogens is 2. The van der Waals surface area contributed by atoms with Gasteiger partial charge in [0.1, 0.15) is 22.3 Å². The van der Waals surface area contributed by atoms with Crippen LogP contribution in [-0.4, -0.2) is 4.98 Å². The van der Waals surface area contributed by atoms with Gasteiger partial charge >= 0.3 is 0 Å². The smallest absolute Gasteiger partial charge is 0.147 e. The quantitative estimate of drug-likeness (QED) is 0.888. The van der Waals surface area contributed by atoms with Crippen molar-refractivity contribution in [2.75, 3.05) is 5.73 Å². The molecule has 16 heavy (non-hydrogen) atoms. The number of nitrogen functional groups attached to an aromatic ring is 1. The molecule has 0 aliphatic heterocycles. The summed E-state index contributed by atoms with van der Waals surface area (Å²) in [5, 5.41) is 0.820. The Kier molecular flexibility index (Phi) is 3.17. The number of nitrogens with zero attached hydrogens (tertiary/aromatic N) is 1. The molecule has 1 heterocycles. The fourth-order valence-electron chi connectivity index (χ4n) is 1.18. The maximum Gasteiger partial charge on any atom is 0.147 e. The van der Waals surface area contributed by atoms with E-state index in [0.29, 0.717) is 27.4 Å². The van der Waals surface area contributed by atoms with Gasteiger partial charge in [0.05, 0.1) is 5.02 Å². The van der Waals surface area contributed by atoms with Crippen molar-refractivity contribution in [1.82, 2.24) is 4.98 Å². The van der Waals surface area contributed by atoms with Crippen LogP contribution in [0.4, 0.5) is 5.82 Å². The highest BCUT2D eigenvalue weighted by molar-refractivity contribution is 6.42. The minimum Gasteiger partial charge on any atom is -0.456 e. The summed E-state index contributed by atoms with van der Waals surface area (Å²) in [6.07, 6.45) is 1.56. The minimum atomic E-state index is 0.375. The summed E-state index contributed by atoms with van der Waals surface area (Å²) in [6.45, 7) is 0. The fraction of sp³-hybridized carbons (Fsp3) is 0. The largest absolute Gasteiger partial charge is 0.456 e. The summed E-state index contributed by atoms with van der Waals surface area (Å²) < 4.78 is 5.53. The summed E-state index contributed by atoms with van der Waals surface area (Å²) in [6, 6.07) is 8.47. The van der Waals surface area contributed by atoms with E-state index in [4.69, 9.17) is 33.7 Å². The summed E-state index contributed by atoms with van der Waals surface area (Å²) >= 11 is 11.8. The Morgan fingerprint density at radius 3 is 2.75 bits per heavy atom. The molecule has 0 amide bonds. The van der Waals surface area contributed by atoms with Gasteiger partial charge in [-0.25, -0.2) is 4.98 Å². The molecule has 2 aromatic rings. The standard InChI is InChI=1S/C11H8Cl2N2O/c12-8-2-1-3-9(11(8)13)16-7-4-5-15-10(14)6-7/h1-6H,(H2,14,15). The molecule has 1 aromatic heterocycles. The van der Waals surface area contributed by atoms with Crippen LogP contribution in [0.2, 0.25) is 10.0 Å². The van der Waals surface area contributed by atoms with E-state index in [-0.39, 0.29) is 0 Å². The maximum absolute atomic E-state index is 5.98. The number of ether oxygens (including phenoxy) is 1. The molecule has 2 N–H and O–H groups in total. The van der Waals surface area contributed by atoms with Crippen LogP contribution in [0.1, 0.15) is 0 Å². The Labute approximate surface area is 103 Å². The molecule has 0 aliphatic carbocycles. The zero-order chi connectivity index (χ0) is 11.5. The number of hydrogen-bond acceptors (Lipinski definition) is 3. The van der Waals surface area contributed by atoms with Crippen molar-refractivity contribution in [2.45, 2.75) is 0 Å². The number of benzene rings is 1. The Bertz CT molecular complexity index is 517. The van der Waals surface area contributed by atoms with Crippen LogP contribution >= 0.6 is 23.2 Å². The number of anilines is 1. The van der Waals surface area contributed by atoms with Gasteiger partial charge in [0.15, 0.2) is 0 Å². The van der Waals surface area contributed by atoms with Gasteiger partial charge < -0.3 is 10.5 Å². The second-order valence-corrected chi connectivity index (χ2v) is 3.86. The molecule has 0 aliphatic rings. The van der Waals surface area contributed by atoms with Crippen LogP contribution in [0.5, 0.6) is 11.5 Å². The fourth-order valence-corrected chi connectivity index (χ4v) is 1.51. The lowest BCUT2D eigenvalue weighted by Crippen LogP contribution is -1.91. The van der Waals surface area contributed by atoms with E-state index in [1.165, 1.54) is 0 Å². The number of hydrogen-bond donors (Lipinski definition) is 1. The summed E-state index contributed by atoms with van der Waals surface area (Å²) in [5.74, 6) is 1.44. The second kappa shape index (κ2) is 4.60. The van der Waals surface area contributed by atoms with Crippen molar-refractivity contribution in [3.63, 3.8) is 0 Å². The first kappa shape index (κ1) is 11.0. The van der Waals surface area contributed by atoms with Crippen molar-refractivity contribution in [3.8, 4) is 11.5 Å². The molecular formula is C11H8Cl2N2O. The predicted octanol–water partition coefficient (Wildman–Crippen LogP) is 3.76. The first-order valence-electron chi connectivity index (χ1n) is 4.50. The van der Waals surface area contributed by atoms with Gasteiger partial charge in [-0.1, -0.05) is 29.3 Å². The van der Waals surface area contributed by atoms with Crippen LogP contribution in [0.3, 0.4) is 0 Å². The van der Waals surface area contributed by atoms with Gasteiger partial charge in [-0.2, -0.15) is 0 Å². The topological polar surface area (TPSA) is 48.1 Å². The number of aromatic nitrogens is 1. The molecule has 5 heteroatoms. The van der Waals surface area contributed by atoms with Crippen LogP contribution < -0.4 is 10.5 Å². The molecule has 82 valence electrons. The molecule has 0 spiro atoms. The van der Waals surface area contributed by atoms with Gasteiger partial charge in [0, 0.05) is 12.3 Å². The Morgan fingerprint density at radius 2 is 2.00 bits per heavy atom. The maximum atomic E-state index is 5.98. The van der Waals surface area contributed by atoms with E-state index in [9.17, 15) is 0 Å². The van der Waals surface area contributed by atoms with Crippen molar-refractivity contribution >= 4 is 29.0 Å². The van der Waals surface area contributed by atoms with Crippen LogP contribution in [0, 0.1) is 0 Å². The molecule has 2 rings (SSSR count). The third kappa shape index (κ3) is 2.38. The van der Waals surface area contributed by atoms with Gasteiger partial charge in [-0.15, -0.1) is 0 Å². The van der Waals surface area contributed by atoms with Crippen LogP contribution in [0.25, 0.3) is 0 Å². The van der Waals surface area contributed by atoms with Crippen LogP contribution in [-0.2, 0) is 0 Å². The summed E-state index contributed by atoms with van der Waals surface area (Å²) in [5.41, 5.74) is 5.53. The Morgan fingerprint density at radius 1 is 1.19 bits per heavy atom. The third-order valence-electron chi connectivity index (χ3n) is 1.90. The molecule has 0 atom stereocenters. The van der Waals surface area contributed by atoms with E-state index >= 15 is 0 Å². The van der Waals surface area contributed by atoms with Gasteiger partial charge in [-0.05, 0) is 18.2 Å². The first-order valence-corrected chi connectivity index (χ1v) is 5.26. The van der Waals surface area contributed by atoms with Crippen molar-refractivity contribution in [1.29, 1.82) is 0 Å². The van der Waals surface area contributed by atoms with Gasteiger partial charge in [0.25, 0.3) is 0 Å². The average Bonchev–Trinajstić information content (AvgIpc) is 2.25. The molecule has 0 bridgehead atoms. The SMILES string of the molecule is Nc1cc(Oc2cccc(Cl)c2Cl)ccn1. The zero-order valence-electron chi connectivity index (χ0n) is 8.15. The molecule has 1 aromatic carbocycles. The van der Waals surface area contributed by atoms with Crippen molar-refractivity contribution in [2.24, 2.45) is 0 Å². The van der Waals surface area contributed by atoms with Crippen molar-refractivity contribution < 1.29 is 4.74 Å². The number of pyridine rings is 1. The predicted molar refractivity (Wildman–Crippen MR) is 65.2 cm³/mol. The van der Waals surface area contributed by atoms with E-state index in [2.05, 4.69) is 4.98 Å². The highest BCUT2D eigenvalue weighted by Crippen LogP contribution is 2.34. The molecule has 0 radical (unpaired) electrons. The summed E-state index contributed by atoms with van der Waals surface area (Å²) in [7, 11) is 0. The molecule has 0 fully saturated rings. The lowest BCUT2D eigenvalue weighted by Gasteiger charge is -2.08. The van der Waals surface area contributed by atoms with E-state index in [0.717, 1.165) is 0 Å². The molecule has 3 nitrogen and oxygen atoms in total. The number of rotatable bonds is 2. The highest BCUT2D eigenvalue weighted by atomic mass is 35.5.